The number of tetrazole rings is 1. The van der Waals surface area contributed by atoms with Crippen LogP contribution in [0, 0.1) is 0 Å². The van der Waals surface area contributed by atoms with E-state index in [9.17, 15) is 0 Å². The Labute approximate surface area is 128 Å². The minimum absolute atomic E-state index is 0.492. The van der Waals surface area contributed by atoms with E-state index in [1.807, 2.05) is 30.3 Å². The van der Waals surface area contributed by atoms with E-state index >= 15 is 0 Å². The Morgan fingerprint density at radius 3 is 2.70 bits per heavy atom. The minimum Gasteiger partial charge on any atom is -0.398 e. The summed E-state index contributed by atoms with van der Waals surface area (Å²) in [5, 5.41) is 12.3. The normalized spacial score (nSPS) is 10.7. The molecular formula is C13H9BrClN5. The second kappa shape index (κ2) is 5.22. The number of para-hydroxylation sites is 1. The average Bonchev–Trinajstić information content (AvgIpc) is 2.91. The van der Waals surface area contributed by atoms with Gasteiger partial charge >= 0.3 is 0 Å². The molecule has 1 heterocycles. The van der Waals surface area contributed by atoms with Crippen LogP contribution in [0.25, 0.3) is 17.1 Å². The van der Waals surface area contributed by atoms with E-state index in [1.165, 1.54) is 0 Å². The van der Waals surface area contributed by atoms with Crippen molar-refractivity contribution < 1.29 is 0 Å². The molecule has 3 rings (SSSR count). The summed E-state index contributed by atoms with van der Waals surface area (Å²) in [6, 6.07) is 13.0. The Hall–Kier alpha value is -1.92. The fraction of sp³-hybridized carbons (Fsp3) is 0. The van der Waals surface area contributed by atoms with Gasteiger partial charge in [-0.15, -0.1) is 5.10 Å². The molecule has 1 aromatic heterocycles. The first-order valence-corrected chi connectivity index (χ1v) is 6.92. The smallest absolute Gasteiger partial charge is 0.187 e. The lowest BCUT2D eigenvalue weighted by molar-refractivity contribution is 0.789. The zero-order valence-corrected chi connectivity index (χ0v) is 12.5. The molecule has 0 bridgehead atoms. The summed E-state index contributed by atoms with van der Waals surface area (Å²) >= 11 is 9.42. The summed E-state index contributed by atoms with van der Waals surface area (Å²) in [4.78, 5) is 0. The highest BCUT2D eigenvalue weighted by molar-refractivity contribution is 9.10. The molecule has 0 aliphatic rings. The SMILES string of the molecule is Nc1cc(-c2nnnn2-c2ccccc2Br)ccc1Cl. The first-order valence-electron chi connectivity index (χ1n) is 5.75. The summed E-state index contributed by atoms with van der Waals surface area (Å²) < 4.78 is 2.54. The van der Waals surface area contributed by atoms with Crippen molar-refractivity contribution in [3.05, 3.63) is 52.0 Å². The molecule has 0 radical (unpaired) electrons. The number of nitrogens with two attached hydrogens (primary N) is 1. The van der Waals surface area contributed by atoms with Crippen LogP contribution in [0.1, 0.15) is 0 Å². The number of nitrogen functional groups attached to an aromatic ring is 1. The van der Waals surface area contributed by atoms with Crippen LogP contribution in [0.2, 0.25) is 5.02 Å². The van der Waals surface area contributed by atoms with Crippen LogP contribution in [0.4, 0.5) is 5.69 Å². The predicted molar refractivity (Wildman–Crippen MR) is 81.7 cm³/mol. The molecule has 100 valence electrons. The van der Waals surface area contributed by atoms with Gasteiger partial charge in [0.1, 0.15) is 0 Å². The summed E-state index contributed by atoms with van der Waals surface area (Å²) in [5.74, 6) is 0.597. The molecule has 2 aromatic carbocycles. The number of aromatic nitrogens is 4. The summed E-state index contributed by atoms with van der Waals surface area (Å²) in [5.41, 5.74) is 7.96. The van der Waals surface area contributed by atoms with Gasteiger partial charge in [0.2, 0.25) is 0 Å². The van der Waals surface area contributed by atoms with Gasteiger partial charge in [0.15, 0.2) is 5.82 Å². The Kier molecular flexibility index (Phi) is 3.42. The van der Waals surface area contributed by atoms with Crippen molar-refractivity contribution in [2.24, 2.45) is 0 Å². The number of halogens is 2. The van der Waals surface area contributed by atoms with Crippen molar-refractivity contribution in [3.8, 4) is 17.1 Å². The predicted octanol–water partition coefficient (Wildman–Crippen LogP) is 3.33. The Morgan fingerprint density at radius 1 is 1.15 bits per heavy atom. The maximum Gasteiger partial charge on any atom is 0.187 e. The van der Waals surface area contributed by atoms with Gasteiger partial charge in [0.25, 0.3) is 0 Å². The van der Waals surface area contributed by atoms with Crippen molar-refractivity contribution in [1.82, 2.24) is 20.2 Å². The van der Waals surface area contributed by atoms with Gasteiger partial charge in [-0.05, 0) is 56.7 Å². The fourth-order valence-corrected chi connectivity index (χ4v) is 2.41. The molecular weight excluding hydrogens is 342 g/mol. The molecule has 5 nitrogen and oxygen atoms in total. The van der Waals surface area contributed by atoms with Crippen LogP contribution in [-0.4, -0.2) is 20.2 Å². The zero-order valence-electron chi connectivity index (χ0n) is 10.2. The molecule has 0 saturated heterocycles. The molecule has 0 fully saturated rings. The highest BCUT2D eigenvalue weighted by atomic mass is 79.9. The third kappa shape index (κ3) is 2.28. The molecule has 0 aliphatic carbocycles. The number of hydrogen-bond acceptors (Lipinski definition) is 4. The van der Waals surface area contributed by atoms with Gasteiger partial charge in [0, 0.05) is 10.0 Å². The van der Waals surface area contributed by atoms with Gasteiger partial charge in [-0.3, -0.25) is 0 Å². The Balaban J connectivity index is 2.15. The summed E-state index contributed by atoms with van der Waals surface area (Å²) in [6.45, 7) is 0. The molecule has 0 spiro atoms. The second-order valence-electron chi connectivity index (χ2n) is 4.10. The number of anilines is 1. The molecule has 0 saturated carbocycles. The Morgan fingerprint density at radius 2 is 1.95 bits per heavy atom. The van der Waals surface area contributed by atoms with E-state index in [0.29, 0.717) is 16.5 Å². The van der Waals surface area contributed by atoms with E-state index in [2.05, 4.69) is 31.5 Å². The van der Waals surface area contributed by atoms with E-state index in [4.69, 9.17) is 17.3 Å². The van der Waals surface area contributed by atoms with Crippen molar-refractivity contribution in [1.29, 1.82) is 0 Å². The molecule has 7 heteroatoms. The molecule has 0 unspecified atom stereocenters. The van der Waals surface area contributed by atoms with Crippen molar-refractivity contribution in [3.63, 3.8) is 0 Å². The third-order valence-electron chi connectivity index (χ3n) is 2.80. The number of rotatable bonds is 2. The lowest BCUT2D eigenvalue weighted by Crippen LogP contribution is -2.01. The number of nitrogens with zero attached hydrogens (tertiary/aromatic N) is 4. The molecule has 20 heavy (non-hydrogen) atoms. The number of benzene rings is 2. The lowest BCUT2D eigenvalue weighted by Gasteiger charge is -2.07. The van der Waals surface area contributed by atoms with Crippen LogP contribution in [0.5, 0.6) is 0 Å². The first-order chi connectivity index (χ1) is 9.66. The van der Waals surface area contributed by atoms with E-state index < -0.39 is 0 Å². The van der Waals surface area contributed by atoms with Crippen molar-refractivity contribution in [2.75, 3.05) is 5.73 Å². The fourth-order valence-electron chi connectivity index (χ4n) is 1.84. The van der Waals surface area contributed by atoms with Crippen LogP contribution < -0.4 is 5.73 Å². The highest BCUT2D eigenvalue weighted by Crippen LogP contribution is 2.28. The van der Waals surface area contributed by atoms with Crippen LogP contribution in [0.15, 0.2) is 46.9 Å². The van der Waals surface area contributed by atoms with Crippen LogP contribution in [-0.2, 0) is 0 Å². The van der Waals surface area contributed by atoms with Crippen molar-refractivity contribution in [2.45, 2.75) is 0 Å². The van der Waals surface area contributed by atoms with Crippen LogP contribution in [0.3, 0.4) is 0 Å². The Bertz CT molecular complexity index is 771. The van der Waals surface area contributed by atoms with Gasteiger partial charge in [-0.1, -0.05) is 23.7 Å². The van der Waals surface area contributed by atoms with Crippen molar-refractivity contribution >= 4 is 33.2 Å². The standard InChI is InChI=1S/C13H9BrClN5/c14-9-3-1-2-4-12(9)20-13(17-18-19-20)8-5-6-10(15)11(16)7-8/h1-7H,16H2. The molecule has 0 aliphatic heterocycles. The van der Waals surface area contributed by atoms with E-state index in [0.717, 1.165) is 15.7 Å². The number of hydrogen-bond donors (Lipinski definition) is 1. The zero-order chi connectivity index (χ0) is 14.1. The molecule has 3 aromatic rings. The molecule has 2 N–H and O–H groups in total. The van der Waals surface area contributed by atoms with E-state index in [-0.39, 0.29) is 0 Å². The largest absolute Gasteiger partial charge is 0.398 e. The molecule has 0 amide bonds. The van der Waals surface area contributed by atoms with Gasteiger partial charge < -0.3 is 5.73 Å². The summed E-state index contributed by atoms with van der Waals surface area (Å²) in [6.07, 6.45) is 0. The second-order valence-corrected chi connectivity index (χ2v) is 5.36. The highest BCUT2D eigenvalue weighted by Gasteiger charge is 2.13. The average molecular weight is 351 g/mol. The topological polar surface area (TPSA) is 69.6 Å². The van der Waals surface area contributed by atoms with Gasteiger partial charge in [-0.2, -0.15) is 4.68 Å². The monoisotopic (exact) mass is 349 g/mol. The lowest BCUT2D eigenvalue weighted by atomic mass is 10.2. The maximum absolute atomic E-state index is 5.93. The minimum atomic E-state index is 0.492. The summed E-state index contributed by atoms with van der Waals surface area (Å²) in [7, 11) is 0. The van der Waals surface area contributed by atoms with Crippen LogP contribution >= 0.6 is 27.5 Å². The maximum atomic E-state index is 5.93. The first kappa shape index (κ1) is 13.1. The van der Waals surface area contributed by atoms with Gasteiger partial charge in [0.05, 0.1) is 16.4 Å². The van der Waals surface area contributed by atoms with Gasteiger partial charge in [-0.25, -0.2) is 0 Å². The third-order valence-corrected chi connectivity index (χ3v) is 3.82. The molecule has 0 atom stereocenters. The quantitative estimate of drug-likeness (QED) is 0.720. The van der Waals surface area contributed by atoms with E-state index in [1.54, 1.807) is 16.8 Å².